The number of hydrogen-bond donors (Lipinski definition) is 1. The highest BCUT2D eigenvalue weighted by atomic mass is 35.5. The highest BCUT2D eigenvalue weighted by Gasteiger charge is 2.23. The Morgan fingerprint density at radius 1 is 1.38 bits per heavy atom. The fourth-order valence-corrected chi connectivity index (χ4v) is 3.12. The monoisotopic (exact) mass is 413 g/mol. The summed E-state index contributed by atoms with van der Waals surface area (Å²) in [6.45, 7) is 4.03. The molecule has 9 heteroatoms. The first-order chi connectivity index (χ1) is 14.0. The quantitative estimate of drug-likeness (QED) is 0.584. The first kappa shape index (κ1) is 20.6. The van der Waals surface area contributed by atoms with Crippen molar-refractivity contribution in [3.63, 3.8) is 0 Å². The lowest BCUT2D eigenvalue weighted by Gasteiger charge is -2.22. The van der Waals surface area contributed by atoms with Crippen LogP contribution in [0.5, 0.6) is 0 Å². The van der Waals surface area contributed by atoms with Gasteiger partial charge in [-0.1, -0.05) is 35.8 Å². The number of rotatable bonds is 7. The van der Waals surface area contributed by atoms with E-state index in [2.05, 4.69) is 33.3 Å². The summed E-state index contributed by atoms with van der Waals surface area (Å²) in [4.78, 5) is 6.47. The van der Waals surface area contributed by atoms with Gasteiger partial charge in [0.1, 0.15) is 0 Å². The van der Waals surface area contributed by atoms with Crippen LogP contribution in [0.1, 0.15) is 38.0 Å². The summed E-state index contributed by atoms with van der Waals surface area (Å²) in [6.07, 6.45) is 6.23. The van der Waals surface area contributed by atoms with Crippen molar-refractivity contribution in [2.45, 2.75) is 26.3 Å². The Morgan fingerprint density at radius 3 is 2.86 bits per heavy atom. The number of benzene rings is 1. The lowest BCUT2D eigenvalue weighted by Crippen LogP contribution is -2.25. The van der Waals surface area contributed by atoms with E-state index in [-0.39, 0.29) is 6.04 Å². The molecule has 29 heavy (non-hydrogen) atoms. The number of allylic oxidation sites excluding steroid dienone is 3. The van der Waals surface area contributed by atoms with E-state index >= 15 is 0 Å². The molecule has 0 radical (unpaired) electrons. The van der Waals surface area contributed by atoms with E-state index in [1.807, 2.05) is 48.7 Å². The molecule has 2 heterocycles. The third-order valence-corrected chi connectivity index (χ3v) is 4.83. The Labute approximate surface area is 174 Å². The fourth-order valence-electron chi connectivity index (χ4n) is 2.93. The Morgan fingerprint density at radius 2 is 2.17 bits per heavy atom. The molecular formula is C20H24ClN7O. The van der Waals surface area contributed by atoms with Crippen LogP contribution in [0.4, 0.5) is 5.95 Å². The summed E-state index contributed by atoms with van der Waals surface area (Å²) < 4.78 is 7.34. The van der Waals surface area contributed by atoms with E-state index in [9.17, 15) is 0 Å². The van der Waals surface area contributed by atoms with Gasteiger partial charge in [-0.25, -0.2) is 0 Å². The average molecular weight is 414 g/mol. The highest BCUT2D eigenvalue weighted by Crippen LogP contribution is 2.27. The molecule has 1 atom stereocenters. The Balaban J connectivity index is 1.86. The molecule has 152 valence electrons. The molecule has 0 saturated carbocycles. The summed E-state index contributed by atoms with van der Waals surface area (Å²) >= 11 is 6.05. The summed E-state index contributed by atoms with van der Waals surface area (Å²) in [6, 6.07) is 7.11. The van der Waals surface area contributed by atoms with E-state index in [0.29, 0.717) is 22.7 Å². The third kappa shape index (κ3) is 4.32. The number of nitrogens with two attached hydrogens (primary N) is 1. The number of anilines is 1. The topological polar surface area (TPSA) is 98.9 Å². The molecule has 0 saturated heterocycles. The maximum atomic E-state index is 6.05. The highest BCUT2D eigenvalue weighted by molar-refractivity contribution is 6.30. The van der Waals surface area contributed by atoms with Crippen molar-refractivity contribution in [3.05, 3.63) is 59.3 Å². The molecule has 0 fully saturated rings. The predicted molar refractivity (Wildman–Crippen MR) is 114 cm³/mol. The van der Waals surface area contributed by atoms with Crippen LogP contribution >= 0.6 is 11.6 Å². The lowest BCUT2D eigenvalue weighted by molar-refractivity contribution is 0.416. The molecule has 0 amide bonds. The molecular weight excluding hydrogens is 390 g/mol. The maximum Gasteiger partial charge on any atom is 0.258 e. The maximum absolute atomic E-state index is 6.05. The van der Waals surface area contributed by atoms with Gasteiger partial charge in [0.05, 0.1) is 6.04 Å². The summed E-state index contributed by atoms with van der Waals surface area (Å²) in [5.41, 5.74) is 7.26. The second-order valence-corrected chi connectivity index (χ2v) is 7.00. The van der Waals surface area contributed by atoms with E-state index in [4.69, 9.17) is 21.9 Å². The van der Waals surface area contributed by atoms with E-state index in [0.717, 1.165) is 23.4 Å². The van der Waals surface area contributed by atoms with Gasteiger partial charge in [0.25, 0.3) is 5.89 Å². The van der Waals surface area contributed by atoms with Gasteiger partial charge >= 0.3 is 0 Å². The number of halogens is 1. The van der Waals surface area contributed by atoms with Gasteiger partial charge in [0.2, 0.25) is 5.95 Å². The standard InChI is InChI=1S/C20H24ClN7O/c1-5-7-14(10-11-22)18-24-25-20(28(18)4)27(3)13(2)17-23-19(29-26-17)15-8-6-9-16(21)12-15/h6-13H,5,22H2,1-4H3/b11-10-,14-7+. The van der Waals surface area contributed by atoms with Gasteiger partial charge in [0.15, 0.2) is 11.6 Å². The van der Waals surface area contributed by atoms with Crippen molar-refractivity contribution >= 4 is 23.1 Å². The third-order valence-electron chi connectivity index (χ3n) is 4.59. The van der Waals surface area contributed by atoms with Crippen molar-refractivity contribution in [1.82, 2.24) is 24.9 Å². The van der Waals surface area contributed by atoms with Gasteiger partial charge in [-0.05, 0) is 43.8 Å². The summed E-state index contributed by atoms with van der Waals surface area (Å²) in [7, 11) is 3.82. The molecule has 0 aliphatic carbocycles. The molecule has 8 nitrogen and oxygen atoms in total. The van der Waals surface area contributed by atoms with Crippen molar-refractivity contribution in [2.24, 2.45) is 12.8 Å². The van der Waals surface area contributed by atoms with Crippen molar-refractivity contribution in [3.8, 4) is 11.5 Å². The van der Waals surface area contributed by atoms with Crippen LogP contribution in [-0.4, -0.2) is 32.0 Å². The normalized spacial score (nSPS) is 13.2. The predicted octanol–water partition coefficient (Wildman–Crippen LogP) is 3.98. The van der Waals surface area contributed by atoms with Crippen LogP contribution in [0.15, 0.2) is 47.1 Å². The van der Waals surface area contributed by atoms with Crippen LogP contribution in [0.3, 0.4) is 0 Å². The van der Waals surface area contributed by atoms with Crippen molar-refractivity contribution in [2.75, 3.05) is 11.9 Å². The first-order valence-corrected chi connectivity index (χ1v) is 9.64. The second kappa shape index (κ2) is 8.91. The SMILES string of the molecule is CC/C=C(\C=C/N)c1nnc(N(C)C(C)c2noc(-c3cccc(Cl)c3)n2)n1C. The summed E-state index contributed by atoms with van der Waals surface area (Å²) in [5, 5.41) is 13.4. The zero-order chi connectivity index (χ0) is 21.0. The van der Waals surface area contributed by atoms with E-state index < -0.39 is 0 Å². The smallest absolute Gasteiger partial charge is 0.258 e. The van der Waals surface area contributed by atoms with Crippen molar-refractivity contribution in [1.29, 1.82) is 0 Å². The zero-order valence-corrected chi connectivity index (χ0v) is 17.6. The van der Waals surface area contributed by atoms with Crippen LogP contribution in [0, 0.1) is 0 Å². The fraction of sp³-hybridized carbons (Fsp3) is 0.300. The second-order valence-electron chi connectivity index (χ2n) is 6.56. The Kier molecular flexibility index (Phi) is 6.33. The number of hydrogen-bond acceptors (Lipinski definition) is 7. The van der Waals surface area contributed by atoms with Crippen LogP contribution in [-0.2, 0) is 7.05 Å². The van der Waals surface area contributed by atoms with Crippen LogP contribution in [0.2, 0.25) is 5.02 Å². The van der Waals surface area contributed by atoms with Crippen LogP contribution in [0.25, 0.3) is 17.0 Å². The van der Waals surface area contributed by atoms with E-state index in [1.54, 1.807) is 12.1 Å². The first-order valence-electron chi connectivity index (χ1n) is 9.26. The largest absolute Gasteiger partial charge is 0.405 e. The number of aromatic nitrogens is 5. The molecule has 3 rings (SSSR count). The molecule has 0 aliphatic heterocycles. The molecule has 0 spiro atoms. The zero-order valence-electron chi connectivity index (χ0n) is 16.9. The number of nitrogens with zero attached hydrogens (tertiary/aromatic N) is 6. The van der Waals surface area contributed by atoms with Gasteiger partial charge < -0.3 is 15.2 Å². The lowest BCUT2D eigenvalue weighted by atomic mass is 10.2. The van der Waals surface area contributed by atoms with E-state index in [1.165, 1.54) is 6.20 Å². The summed E-state index contributed by atoms with van der Waals surface area (Å²) in [5.74, 6) is 2.37. The molecule has 0 bridgehead atoms. The average Bonchev–Trinajstić information content (AvgIpc) is 3.34. The Hall–Kier alpha value is -3.13. The van der Waals surface area contributed by atoms with Crippen molar-refractivity contribution < 1.29 is 4.52 Å². The van der Waals surface area contributed by atoms with Gasteiger partial charge in [-0.2, -0.15) is 4.98 Å². The molecule has 1 aromatic carbocycles. The minimum Gasteiger partial charge on any atom is -0.405 e. The molecule has 2 aromatic heterocycles. The van der Waals surface area contributed by atoms with Gasteiger partial charge in [0, 0.05) is 30.3 Å². The van der Waals surface area contributed by atoms with Gasteiger partial charge in [-0.3, -0.25) is 4.57 Å². The minimum atomic E-state index is -0.189. The molecule has 3 aromatic rings. The van der Waals surface area contributed by atoms with Crippen LogP contribution < -0.4 is 10.6 Å². The molecule has 0 aliphatic rings. The minimum absolute atomic E-state index is 0.189. The Bertz CT molecular complexity index is 1040. The van der Waals surface area contributed by atoms with Gasteiger partial charge in [-0.15, -0.1) is 10.2 Å². The molecule has 2 N–H and O–H groups in total. The molecule has 1 unspecified atom stereocenters.